The summed E-state index contributed by atoms with van der Waals surface area (Å²) >= 11 is 0. The van der Waals surface area contributed by atoms with E-state index in [0.29, 0.717) is 0 Å². The molecular weight excluding hydrogens is 218 g/mol. The molecule has 1 aromatic heterocycles. The van der Waals surface area contributed by atoms with Crippen molar-refractivity contribution in [3.63, 3.8) is 0 Å². The summed E-state index contributed by atoms with van der Waals surface area (Å²) in [5.41, 5.74) is 0.845. The van der Waals surface area contributed by atoms with Gasteiger partial charge in [-0.05, 0) is 12.1 Å². The third-order valence-corrected chi connectivity index (χ3v) is 3.07. The topological polar surface area (TPSA) is 50.5 Å². The number of nitrogens with zero attached hydrogens (tertiary/aromatic N) is 2. The summed E-state index contributed by atoms with van der Waals surface area (Å²) in [7, 11) is 1.67. The van der Waals surface area contributed by atoms with E-state index < -0.39 is 0 Å². The first kappa shape index (κ1) is 10.4. The van der Waals surface area contributed by atoms with Gasteiger partial charge in [0.1, 0.15) is 16.7 Å². The smallest absolute Gasteiger partial charge is 0.239 e. The summed E-state index contributed by atoms with van der Waals surface area (Å²) in [5, 5.41) is 8.37. The Morgan fingerprint density at radius 1 is 1.35 bits per heavy atom. The van der Waals surface area contributed by atoms with Gasteiger partial charge in [0.25, 0.3) is 0 Å². The molecule has 90 valence electrons. The van der Waals surface area contributed by atoms with Gasteiger partial charge >= 0.3 is 0 Å². The Balaban J connectivity index is 2.09. The minimum absolute atomic E-state index is 0.817. The molecule has 3 rings (SSSR count). The van der Waals surface area contributed by atoms with Gasteiger partial charge in [0.2, 0.25) is 5.88 Å². The number of piperazine rings is 1. The maximum Gasteiger partial charge on any atom is 0.239 e. The van der Waals surface area contributed by atoms with E-state index >= 15 is 0 Å². The standard InChI is InChI=1S/C12H15N3O2/c1-16-10-4-2-3-9-11(10)12(17-14-9)15-7-5-13-6-8-15/h2-4,13H,5-8H2,1H3. The van der Waals surface area contributed by atoms with Crippen LogP contribution in [0.3, 0.4) is 0 Å². The lowest BCUT2D eigenvalue weighted by molar-refractivity contribution is 0.409. The molecule has 0 unspecified atom stereocenters. The number of fused-ring (bicyclic) bond motifs is 1. The van der Waals surface area contributed by atoms with Gasteiger partial charge in [-0.1, -0.05) is 11.2 Å². The van der Waals surface area contributed by atoms with E-state index in [-0.39, 0.29) is 0 Å². The highest BCUT2D eigenvalue weighted by Crippen LogP contribution is 2.34. The van der Waals surface area contributed by atoms with Crippen LogP contribution < -0.4 is 15.0 Å². The van der Waals surface area contributed by atoms with E-state index in [2.05, 4.69) is 15.4 Å². The molecule has 17 heavy (non-hydrogen) atoms. The van der Waals surface area contributed by atoms with Crippen LogP contribution in [0.25, 0.3) is 10.9 Å². The Morgan fingerprint density at radius 3 is 2.94 bits per heavy atom. The van der Waals surface area contributed by atoms with Crippen molar-refractivity contribution in [3.05, 3.63) is 18.2 Å². The number of hydrogen-bond donors (Lipinski definition) is 1. The second-order valence-electron chi connectivity index (χ2n) is 4.08. The summed E-state index contributed by atoms with van der Waals surface area (Å²) in [6.07, 6.45) is 0. The van der Waals surface area contributed by atoms with Crippen LogP contribution in [0.4, 0.5) is 5.88 Å². The maximum absolute atomic E-state index is 5.47. The Kier molecular flexibility index (Phi) is 2.60. The van der Waals surface area contributed by atoms with Crippen LogP contribution >= 0.6 is 0 Å². The fraction of sp³-hybridized carbons (Fsp3) is 0.417. The lowest BCUT2D eigenvalue weighted by Crippen LogP contribution is -2.43. The molecule has 0 amide bonds. The normalized spacial score (nSPS) is 16.4. The van der Waals surface area contributed by atoms with Crippen molar-refractivity contribution in [1.29, 1.82) is 0 Å². The van der Waals surface area contributed by atoms with Gasteiger partial charge in [0.15, 0.2) is 0 Å². The summed E-state index contributed by atoms with van der Waals surface area (Å²) in [4.78, 5) is 2.20. The van der Waals surface area contributed by atoms with E-state index in [1.807, 2.05) is 18.2 Å². The molecule has 0 saturated carbocycles. The molecule has 0 atom stereocenters. The molecule has 1 N–H and O–H groups in total. The molecule has 5 nitrogen and oxygen atoms in total. The summed E-state index contributed by atoms with van der Waals surface area (Å²) in [6, 6.07) is 5.80. The van der Waals surface area contributed by atoms with Gasteiger partial charge in [-0.15, -0.1) is 0 Å². The molecule has 1 aliphatic heterocycles. The van der Waals surface area contributed by atoms with Crippen LogP contribution in [0, 0.1) is 0 Å². The number of ether oxygens (including phenoxy) is 1. The highest BCUT2D eigenvalue weighted by atomic mass is 16.5. The van der Waals surface area contributed by atoms with Gasteiger partial charge < -0.3 is 19.5 Å². The zero-order valence-corrected chi connectivity index (χ0v) is 9.77. The molecule has 0 spiro atoms. The monoisotopic (exact) mass is 233 g/mol. The first-order chi connectivity index (χ1) is 8.40. The van der Waals surface area contributed by atoms with Crippen LogP contribution in [-0.4, -0.2) is 38.4 Å². The maximum atomic E-state index is 5.47. The quantitative estimate of drug-likeness (QED) is 0.846. The molecule has 1 aliphatic rings. The van der Waals surface area contributed by atoms with Crippen LogP contribution in [0.2, 0.25) is 0 Å². The van der Waals surface area contributed by atoms with E-state index in [0.717, 1.165) is 48.7 Å². The van der Waals surface area contributed by atoms with Gasteiger partial charge in [-0.2, -0.15) is 0 Å². The third-order valence-electron chi connectivity index (χ3n) is 3.07. The SMILES string of the molecule is COc1cccc2noc(N3CCNCC3)c12. The van der Waals surface area contributed by atoms with Crippen molar-refractivity contribution in [2.24, 2.45) is 0 Å². The van der Waals surface area contributed by atoms with Crippen LogP contribution in [0.5, 0.6) is 5.75 Å². The van der Waals surface area contributed by atoms with Gasteiger partial charge in [-0.25, -0.2) is 0 Å². The fourth-order valence-corrected chi connectivity index (χ4v) is 2.20. The molecule has 1 fully saturated rings. The molecule has 2 aromatic rings. The van der Waals surface area contributed by atoms with E-state index in [4.69, 9.17) is 9.26 Å². The number of methoxy groups -OCH3 is 1. The van der Waals surface area contributed by atoms with E-state index in [1.54, 1.807) is 7.11 Å². The highest BCUT2D eigenvalue weighted by Gasteiger charge is 2.20. The second kappa shape index (κ2) is 4.25. The Labute approximate surface area is 99.3 Å². The van der Waals surface area contributed by atoms with E-state index in [9.17, 15) is 0 Å². The average Bonchev–Trinajstić information content (AvgIpc) is 2.83. The Morgan fingerprint density at radius 2 is 2.18 bits per heavy atom. The van der Waals surface area contributed by atoms with Crippen LogP contribution in [0.1, 0.15) is 0 Å². The van der Waals surface area contributed by atoms with Crippen molar-refractivity contribution in [2.45, 2.75) is 0 Å². The fourth-order valence-electron chi connectivity index (χ4n) is 2.20. The van der Waals surface area contributed by atoms with Gasteiger partial charge in [0, 0.05) is 26.2 Å². The Hall–Kier alpha value is -1.75. The van der Waals surface area contributed by atoms with Crippen LogP contribution in [-0.2, 0) is 0 Å². The minimum atomic E-state index is 0.817. The van der Waals surface area contributed by atoms with Crippen molar-refractivity contribution in [1.82, 2.24) is 10.5 Å². The first-order valence-corrected chi connectivity index (χ1v) is 5.78. The molecular formula is C12H15N3O2. The Bertz CT molecular complexity index is 517. The van der Waals surface area contributed by atoms with E-state index in [1.165, 1.54) is 0 Å². The summed E-state index contributed by atoms with van der Waals surface area (Å²) in [5.74, 6) is 1.64. The molecule has 1 saturated heterocycles. The lowest BCUT2D eigenvalue weighted by atomic mass is 10.2. The molecule has 5 heteroatoms. The zero-order valence-electron chi connectivity index (χ0n) is 9.77. The highest BCUT2D eigenvalue weighted by molar-refractivity contribution is 5.94. The molecule has 2 heterocycles. The van der Waals surface area contributed by atoms with Gasteiger partial charge in [0.05, 0.1) is 7.11 Å². The third kappa shape index (κ3) is 1.72. The molecule has 0 radical (unpaired) electrons. The number of anilines is 1. The zero-order chi connectivity index (χ0) is 11.7. The molecule has 0 aliphatic carbocycles. The predicted octanol–water partition coefficient (Wildman–Crippen LogP) is 1.25. The van der Waals surface area contributed by atoms with Crippen molar-refractivity contribution < 1.29 is 9.26 Å². The van der Waals surface area contributed by atoms with Gasteiger partial charge in [-0.3, -0.25) is 0 Å². The lowest BCUT2D eigenvalue weighted by Gasteiger charge is -2.26. The largest absolute Gasteiger partial charge is 0.496 e. The second-order valence-corrected chi connectivity index (χ2v) is 4.08. The number of benzene rings is 1. The summed E-state index contributed by atoms with van der Waals surface area (Å²) < 4.78 is 10.8. The number of rotatable bonds is 2. The van der Waals surface area contributed by atoms with Crippen LogP contribution in [0.15, 0.2) is 22.7 Å². The van der Waals surface area contributed by atoms with Crippen molar-refractivity contribution >= 4 is 16.8 Å². The summed E-state index contributed by atoms with van der Waals surface area (Å²) in [6.45, 7) is 3.80. The predicted molar refractivity (Wildman–Crippen MR) is 65.6 cm³/mol. The minimum Gasteiger partial charge on any atom is -0.496 e. The number of nitrogens with one attached hydrogen (secondary N) is 1. The van der Waals surface area contributed by atoms with Crippen molar-refractivity contribution in [3.8, 4) is 5.75 Å². The first-order valence-electron chi connectivity index (χ1n) is 5.78. The average molecular weight is 233 g/mol. The van der Waals surface area contributed by atoms with Crippen molar-refractivity contribution in [2.75, 3.05) is 38.2 Å². The number of aromatic nitrogens is 1. The molecule has 0 bridgehead atoms. The molecule has 1 aromatic carbocycles. The number of hydrogen-bond acceptors (Lipinski definition) is 5.